The van der Waals surface area contributed by atoms with E-state index in [-0.39, 0.29) is 43.9 Å². The van der Waals surface area contributed by atoms with Crippen molar-refractivity contribution in [1.82, 2.24) is 52.8 Å². The number of carboxylic acids is 3. The van der Waals surface area contributed by atoms with E-state index in [1.54, 1.807) is 88.4 Å². The molecule has 0 radical (unpaired) electrons. The van der Waals surface area contributed by atoms with Crippen LogP contribution in [0.15, 0.2) is 60.7 Å². The number of aliphatic carboxylic acids is 3. The summed E-state index contributed by atoms with van der Waals surface area (Å²) in [5.41, 5.74) is 6.46. The van der Waals surface area contributed by atoms with Crippen LogP contribution >= 0.6 is 12.6 Å². The van der Waals surface area contributed by atoms with Crippen molar-refractivity contribution >= 4 is 95.5 Å². The SMILES string of the molecule is CCCC[C@H](NC(=O)[C@H]1CCCN1C(=O)[C@H](CS)NC(=O)[C@H](CC1CCCCC1)NC(=O)[C@@H](NC(=O)[C@@H](NC(=O)[C@H](CCC(=O)O)NC(=O)[C@H](CC(=O)O)NC(C)=O)C(c1ccccc1)c1ccccc1)[C@@H](C)CC)C(=O)N[C@@H](CC(=O)O)C(=O)N[C@H](C(N)=O)C(C)C. The molecule has 2 aromatic rings. The lowest BCUT2D eigenvalue weighted by Gasteiger charge is -2.34. The average Bonchev–Trinajstić information content (AvgIpc) is 1.53. The van der Waals surface area contributed by atoms with Gasteiger partial charge >= 0.3 is 17.9 Å². The number of rotatable bonds is 38. The first-order chi connectivity index (χ1) is 44.1. The Bertz CT molecular complexity index is 2880. The third-order valence-corrected chi connectivity index (χ3v) is 17.1. The summed E-state index contributed by atoms with van der Waals surface area (Å²) in [7, 11) is 0. The quantitative estimate of drug-likeness (QED) is 0.0421. The monoisotopic (exact) mass is 1320 g/mol. The van der Waals surface area contributed by atoms with Gasteiger partial charge in [-0.25, -0.2) is 0 Å². The maximum absolute atomic E-state index is 15.3. The van der Waals surface area contributed by atoms with Gasteiger partial charge < -0.3 is 73.8 Å². The molecule has 4 rings (SSSR count). The number of nitrogens with one attached hydrogen (secondary N) is 9. The molecular weight excluding hydrogens is 1230 g/mol. The first kappa shape index (κ1) is 76.8. The van der Waals surface area contributed by atoms with Crippen LogP contribution in [0.3, 0.4) is 0 Å². The molecule has 2 aliphatic rings. The van der Waals surface area contributed by atoms with Crippen molar-refractivity contribution in [2.45, 2.75) is 211 Å². The number of unbranched alkanes of at least 4 members (excludes halogenated alkanes) is 1. The van der Waals surface area contributed by atoms with Crippen LogP contribution in [0.25, 0.3) is 0 Å². The van der Waals surface area contributed by atoms with Crippen LogP contribution < -0.4 is 53.6 Å². The molecule has 14 N–H and O–H groups in total. The van der Waals surface area contributed by atoms with Gasteiger partial charge in [0.05, 0.1) is 12.8 Å². The minimum atomic E-state index is -1.72. The molecule has 0 unspecified atom stereocenters. The maximum atomic E-state index is 15.3. The highest BCUT2D eigenvalue weighted by Crippen LogP contribution is 2.31. The van der Waals surface area contributed by atoms with E-state index in [2.05, 4.69) is 60.5 Å². The largest absolute Gasteiger partial charge is 0.481 e. The number of hydrogen-bond acceptors (Lipinski definition) is 15. The molecule has 0 spiro atoms. The molecule has 1 saturated carbocycles. The van der Waals surface area contributed by atoms with Gasteiger partial charge in [0.15, 0.2) is 0 Å². The Morgan fingerprint density at radius 2 is 1.01 bits per heavy atom. The maximum Gasteiger partial charge on any atom is 0.305 e. The van der Waals surface area contributed by atoms with E-state index >= 15 is 9.59 Å². The fourth-order valence-electron chi connectivity index (χ4n) is 11.5. The molecular formula is C64H93N11O17S. The predicted molar refractivity (Wildman–Crippen MR) is 342 cm³/mol. The number of likely N-dealkylation sites (tertiary alicyclic amines) is 1. The normalized spacial score (nSPS) is 17.2. The highest BCUT2D eigenvalue weighted by molar-refractivity contribution is 7.80. The van der Waals surface area contributed by atoms with Crippen molar-refractivity contribution in [3.63, 3.8) is 0 Å². The van der Waals surface area contributed by atoms with Crippen molar-refractivity contribution in [2.24, 2.45) is 23.5 Å². The first-order valence-electron chi connectivity index (χ1n) is 31.8. The lowest BCUT2D eigenvalue weighted by molar-refractivity contribution is -0.143. The highest BCUT2D eigenvalue weighted by Gasteiger charge is 2.43. The summed E-state index contributed by atoms with van der Waals surface area (Å²) < 4.78 is 0. The number of carbonyl (C=O) groups is 14. The predicted octanol–water partition coefficient (Wildman–Crippen LogP) is 1.28. The van der Waals surface area contributed by atoms with Gasteiger partial charge in [-0.1, -0.05) is 147 Å². The molecule has 1 aliphatic carbocycles. The van der Waals surface area contributed by atoms with Crippen molar-refractivity contribution in [2.75, 3.05) is 12.3 Å². The summed E-state index contributed by atoms with van der Waals surface area (Å²) in [6.07, 6.45) is 2.97. The number of primary amides is 1. The Kier molecular flexibility index (Phi) is 31.7. The van der Waals surface area contributed by atoms with Crippen LogP contribution in [-0.2, 0) is 67.1 Å². The van der Waals surface area contributed by atoms with Crippen molar-refractivity contribution in [1.29, 1.82) is 0 Å². The first-order valence-corrected chi connectivity index (χ1v) is 32.4. The lowest BCUT2D eigenvalue weighted by Crippen LogP contribution is -2.62. The zero-order valence-corrected chi connectivity index (χ0v) is 54.5. The Hall–Kier alpha value is -8.63. The zero-order valence-electron chi connectivity index (χ0n) is 53.6. The smallest absolute Gasteiger partial charge is 0.305 e. The van der Waals surface area contributed by atoms with Crippen molar-refractivity contribution in [3.05, 3.63) is 71.8 Å². The number of benzene rings is 2. The molecule has 512 valence electrons. The van der Waals surface area contributed by atoms with Gasteiger partial charge in [0.2, 0.25) is 65.0 Å². The van der Waals surface area contributed by atoms with Crippen LogP contribution in [-0.4, -0.2) is 176 Å². The van der Waals surface area contributed by atoms with Crippen LogP contribution in [0.4, 0.5) is 0 Å². The minimum absolute atomic E-state index is 0.0513. The van der Waals surface area contributed by atoms with Crippen LogP contribution in [0.5, 0.6) is 0 Å². The van der Waals surface area contributed by atoms with Gasteiger partial charge in [-0.3, -0.25) is 67.1 Å². The van der Waals surface area contributed by atoms with Gasteiger partial charge in [0, 0.05) is 31.6 Å². The number of thiol groups is 1. The molecule has 93 heavy (non-hydrogen) atoms. The van der Waals surface area contributed by atoms with Crippen molar-refractivity contribution in [3.8, 4) is 0 Å². The number of amides is 11. The Labute approximate surface area is 546 Å². The summed E-state index contributed by atoms with van der Waals surface area (Å²) in [5, 5.41) is 52.1. The topological polar surface area (TPSA) is 437 Å². The van der Waals surface area contributed by atoms with Crippen LogP contribution in [0.1, 0.15) is 161 Å². The molecule has 1 aliphatic heterocycles. The molecule has 1 saturated heterocycles. The second kappa shape index (κ2) is 38.4. The Morgan fingerprint density at radius 3 is 1.53 bits per heavy atom. The molecule has 1 heterocycles. The van der Waals surface area contributed by atoms with E-state index in [4.69, 9.17) is 5.73 Å². The van der Waals surface area contributed by atoms with Crippen molar-refractivity contribution < 1.29 is 82.4 Å². The molecule has 11 atom stereocenters. The Morgan fingerprint density at radius 1 is 0.538 bits per heavy atom. The number of nitrogens with zero attached hydrogens (tertiary/aromatic N) is 1. The molecule has 2 aromatic carbocycles. The molecule has 2 fully saturated rings. The fraction of sp³-hybridized carbons (Fsp3) is 0.594. The Balaban J connectivity index is 1.67. The lowest BCUT2D eigenvalue weighted by atomic mass is 9.83. The standard InChI is InChI=1S/C64H93N11O17S/c1-7-9-26-41(56(84)69-45(33-50(81)82)60(88)72-52(35(3)4)55(65)83)68-61(89)47-27-19-30-75(47)64(92)46(34-93)71-58(86)43(31-38-20-13-10-14-21-38)70-62(90)53(36(5)8-2)73-63(91)54(51(39-22-15-11-16-23-39)40-24-17-12-18-25-40)74-57(85)42(28-29-48(77)78)67-59(87)44(32-49(79)80)66-37(6)76/h11-12,15-18,22-25,35-36,38,41-47,51-54,93H,7-10,13-14,19-21,26-34H2,1-6H3,(H2,65,83)(H,66,76)(H,67,87)(H,68,89)(H,69,84)(H,70,90)(H,71,86)(H,72,88)(H,73,91)(H,74,85)(H,77,78)(H,79,80)(H,81,82)/t36-,41-,42-,43-,44-,45-,46-,47+,52-,53-,54-/m0/s1. The molecule has 28 nitrogen and oxygen atoms in total. The van der Waals surface area contributed by atoms with E-state index in [1.165, 1.54) is 4.90 Å². The molecule has 29 heteroatoms. The van der Waals surface area contributed by atoms with Gasteiger partial charge in [-0.15, -0.1) is 0 Å². The van der Waals surface area contributed by atoms with Crippen LogP contribution in [0.2, 0.25) is 0 Å². The summed E-state index contributed by atoms with van der Waals surface area (Å²) in [6, 6.07) is 2.56. The summed E-state index contributed by atoms with van der Waals surface area (Å²) in [5.74, 6) is -16.5. The highest BCUT2D eigenvalue weighted by atomic mass is 32.1. The third-order valence-electron chi connectivity index (χ3n) is 16.7. The van der Waals surface area contributed by atoms with Crippen LogP contribution in [0, 0.1) is 17.8 Å². The second-order valence-corrected chi connectivity index (χ2v) is 24.6. The van der Waals surface area contributed by atoms with Gasteiger partial charge in [0.25, 0.3) is 0 Å². The van der Waals surface area contributed by atoms with E-state index < -0.39 is 187 Å². The summed E-state index contributed by atoms with van der Waals surface area (Å²) in [4.78, 5) is 190. The minimum Gasteiger partial charge on any atom is -0.481 e. The van der Waals surface area contributed by atoms with E-state index in [1.807, 2.05) is 6.92 Å². The number of carbonyl (C=O) groups excluding carboxylic acids is 11. The van der Waals surface area contributed by atoms with E-state index in [0.29, 0.717) is 43.2 Å². The number of carboxylic acid groups (broad SMARTS) is 3. The molecule has 0 bridgehead atoms. The number of hydrogen-bond donors (Lipinski definition) is 14. The third kappa shape index (κ3) is 24.4. The average molecular weight is 1320 g/mol. The zero-order chi connectivity index (χ0) is 69.1. The van der Waals surface area contributed by atoms with E-state index in [0.717, 1.165) is 26.2 Å². The number of nitrogens with two attached hydrogens (primary N) is 1. The van der Waals surface area contributed by atoms with E-state index in [9.17, 15) is 72.9 Å². The fourth-order valence-corrected chi connectivity index (χ4v) is 11.7. The summed E-state index contributed by atoms with van der Waals surface area (Å²) in [6.45, 7) is 9.59. The van der Waals surface area contributed by atoms with Gasteiger partial charge in [-0.2, -0.15) is 12.6 Å². The second-order valence-electron chi connectivity index (χ2n) is 24.2. The molecule has 0 aromatic heterocycles. The summed E-state index contributed by atoms with van der Waals surface area (Å²) >= 11 is 4.45. The van der Waals surface area contributed by atoms with Gasteiger partial charge in [-0.05, 0) is 61.0 Å². The molecule has 11 amide bonds. The van der Waals surface area contributed by atoms with Gasteiger partial charge in [0.1, 0.15) is 60.4 Å².